The zero-order chi connectivity index (χ0) is 20.1. The van der Waals surface area contributed by atoms with Crippen molar-refractivity contribution in [3.8, 4) is 0 Å². The Hall–Kier alpha value is -3.71. The summed E-state index contributed by atoms with van der Waals surface area (Å²) in [5.74, 6) is 0.125. The summed E-state index contributed by atoms with van der Waals surface area (Å²) >= 11 is 0. The fourth-order valence-electron chi connectivity index (χ4n) is 5.00. The molecule has 0 bridgehead atoms. The minimum Gasteiger partial charge on any atom is -0.289 e. The molecule has 0 fully saturated rings. The fourth-order valence-corrected chi connectivity index (χ4v) is 5.00. The molecule has 30 heavy (non-hydrogen) atoms. The van der Waals surface area contributed by atoms with E-state index in [1.165, 1.54) is 15.8 Å². The van der Waals surface area contributed by atoms with Crippen molar-refractivity contribution in [2.45, 2.75) is 12.8 Å². The quantitative estimate of drug-likeness (QED) is 0.519. The van der Waals surface area contributed by atoms with Gasteiger partial charge in [0.2, 0.25) is 0 Å². The first-order valence-corrected chi connectivity index (χ1v) is 10.5. The number of Topliss-reactive ketones (excluding diaryl/α,β-unsaturated/α-hetero) is 1. The van der Waals surface area contributed by atoms with E-state index in [-0.39, 0.29) is 5.78 Å². The largest absolute Gasteiger partial charge is 0.289 e. The summed E-state index contributed by atoms with van der Waals surface area (Å²) in [6.07, 6.45) is 6.71. The Balaban J connectivity index is 1.97. The average molecular weight is 384 g/mol. The number of hydrogen-bond donors (Lipinski definition) is 0. The second kappa shape index (κ2) is 6.67. The first kappa shape index (κ1) is 17.2. The highest BCUT2D eigenvalue weighted by Gasteiger charge is 2.28. The van der Waals surface area contributed by atoms with E-state index in [1.54, 1.807) is 0 Å². The Labute approximate surface area is 174 Å². The zero-order valence-corrected chi connectivity index (χ0v) is 16.6. The normalized spacial score (nSPS) is 14.9. The van der Waals surface area contributed by atoms with Crippen LogP contribution in [0.5, 0.6) is 0 Å². The molecule has 0 atom stereocenters. The maximum Gasteiger partial charge on any atom is 0.195 e. The highest BCUT2D eigenvalue weighted by Crippen LogP contribution is 2.24. The first-order valence-electron chi connectivity index (χ1n) is 10.5. The molecule has 6 rings (SSSR count). The molecule has 2 aliphatic rings. The van der Waals surface area contributed by atoms with Crippen LogP contribution in [0.25, 0.3) is 34.1 Å². The summed E-state index contributed by atoms with van der Waals surface area (Å²) in [4.78, 5) is 14.0. The Bertz CT molecular complexity index is 1570. The third-order valence-electron chi connectivity index (χ3n) is 6.24. The van der Waals surface area contributed by atoms with Crippen LogP contribution in [0.1, 0.15) is 24.0 Å². The molecule has 0 radical (unpaired) electrons. The highest BCUT2D eigenvalue weighted by atomic mass is 16.1. The van der Waals surface area contributed by atoms with Crippen LogP contribution in [0.15, 0.2) is 84.9 Å². The minimum absolute atomic E-state index is 0.125. The van der Waals surface area contributed by atoms with E-state index in [1.807, 2.05) is 36.4 Å². The summed E-state index contributed by atoms with van der Waals surface area (Å²) in [5, 5.41) is 7.08. The summed E-state index contributed by atoms with van der Waals surface area (Å²) in [6.45, 7) is 0. The zero-order valence-electron chi connectivity index (χ0n) is 16.6. The monoisotopic (exact) mass is 384 g/mol. The van der Waals surface area contributed by atoms with Crippen molar-refractivity contribution in [3.05, 3.63) is 117 Å². The van der Waals surface area contributed by atoms with Crippen LogP contribution in [0.3, 0.4) is 0 Å². The number of ketones is 1. The van der Waals surface area contributed by atoms with Crippen molar-refractivity contribution in [1.82, 2.24) is 0 Å². The second-order valence-electron chi connectivity index (χ2n) is 7.92. The van der Waals surface area contributed by atoms with Crippen LogP contribution in [0, 0.1) is 0 Å². The smallest absolute Gasteiger partial charge is 0.195 e. The fraction of sp³-hybridized carbons (Fsp3) is 0.0690. The summed E-state index contributed by atoms with van der Waals surface area (Å²) in [5.41, 5.74) is 3.63. The van der Waals surface area contributed by atoms with Gasteiger partial charge in [-0.3, -0.25) is 4.79 Å². The van der Waals surface area contributed by atoms with Gasteiger partial charge in [0.25, 0.3) is 0 Å². The van der Waals surface area contributed by atoms with Crippen LogP contribution < -0.4 is 20.9 Å². The molecule has 0 spiro atoms. The standard InChI is InChI=1S/C29H20O/c30-29-25(19-11-3-1-4-12-19)27-23-17-9-7-15-21(23)22-16-8-10-18-24(22)28(27)26(29)20-13-5-2-6-14-20/h1-7,9,11-18H,8,10H2. The molecule has 142 valence electrons. The van der Waals surface area contributed by atoms with E-state index >= 15 is 0 Å². The molecule has 0 saturated carbocycles. The maximum absolute atomic E-state index is 14.0. The van der Waals surface area contributed by atoms with Crippen molar-refractivity contribution in [3.63, 3.8) is 0 Å². The third kappa shape index (κ3) is 2.39. The Morgan fingerprint density at radius 3 is 1.63 bits per heavy atom. The third-order valence-corrected chi connectivity index (χ3v) is 6.24. The number of rotatable bonds is 2. The van der Waals surface area contributed by atoms with E-state index in [4.69, 9.17) is 0 Å². The lowest BCUT2D eigenvalue weighted by molar-refractivity contribution is -0.108. The highest BCUT2D eigenvalue weighted by molar-refractivity contribution is 6.44. The number of carbonyl (C=O) groups is 1. The molecule has 1 nitrogen and oxygen atoms in total. The molecule has 1 heteroatoms. The van der Waals surface area contributed by atoms with Crippen LogP contribution in [-0.2, 0) is 4.79 Å². The van der Waals surface area contributed by atoms with Gasteiger partial charge in [0.05, 0.1) is 0 Å². The second-order valence-corrected chi connectivity index (χ2v) is 7.92. The van der Waals surface area contributed by atoms with Gasteiger partial charge >= 0.3 is 0 Å². The van der Waals surface area contributed by atoms with Gasteiger partial charge in [0.15, 0.2) is 5.78 Å². The molecule has 0 N–H and O–H groups in total. The summed E-state index contributed by atoms with van der Waals surface area (Å²) in [6, 6.07) is 28.8. The minimum atomic E-state index is 0.125. The average Bonchev–Trinajstić information content (AvgIpc) is 3.13. The molecule has 0 saturated heterocycles. The van der Waals surface area contributed by atoms with Gasteiger partial charge in [-0.15, -0.1) is 0 Å². The molecule has 4 aromatic carbocycles. The lowest BCUT2D eigenvalue weighted by atomic mass is 9.95. The van der Waals surface area contributed by atoms with E-state index in [9.17, 15) is 4.79 Å². The molecule has 0 amide bonds. The van der Waals surface area contributed by atoms with Gasteiger partial charge in [-0.05, 0) is 45.2 Å². The lowest BCUT2D eigenvalue weighted by Crippen LogP contribution is -2.49. The molecule has 4 aromatic rings. The number of benzene rings is 4. The van der Waals surface area contributed by atoms with Gasteiger partial charge in [0.1, 0.15) is 0 Å². The maximum atomic E-state index is 14.0. The molecule has 2 aliphatic carbocycles. The van der Waals surface area contributed by atoms with Gasteiger partial charge in [-0.2, -0.15) is 0 Å². The number of carbonyl (C=O) groups excluding carboxylic acids is 1. The van der Waals surface area contributed by atoms with Gasteiger partial charge in [-0.25, -0.2) is 0 Å². The van der Waals surface area contributed by atoms with Crippen LogP contribution >= 0.6 is 0 Å². The van der Waals surface area contributed by atoms with Crippen LogP contribution in [0.4, 0.5) is 0 Å². The molecule has 0 heterocycles. The lowest BCUT2D eigenvalue weighted by Gasteiger charge is -2.08. The molecule has 0 aliphatic heterocycles. The predicted octanol–water partition coefficient (Wildman–Crippen LogP) is 3.18. The molecule has 0 unspecified atom stereocenters. The van der Waals surface area contributed by atoms with Gasteiger partial charge in [0, 0.05) is 21.6 Å². The number of hydrogen-bond acceptors (Lipinski definition) is 1. The molecular formula is C29H20O. The summed E-state index contributed by atoms with van der Waals surface area (Å²) in [7, 11) is 0. The Morgan fingerprint density at radius 1 is 0.500 bits per heavy atom. The molecular weight excluding hydrogens is 364 g/mol. The SMILES string of the molecule is O=C1C(c2ccccc2)=c2c3c(c4ccccc4c2=C1c1ccccc1)=CCCC=3. The molecule has 0 aromatic heterocycles. The van der Waals surface area contributed by atoms with Crippen molar-refractivity contribution >= 4 is 39.9 Å². The Morgan fingerprint density at radius 2 is 1.00 bits per heavy atom. The van der Waals surface area contributed by atoms with Gasteiger partial charge < -0.3 is 0 Å². The van der Waals surface area contributed by atoms with E-state index in [2.05, 4.69) is 60.7 Å². The van der Waals surface area contributed by atoms with Crippen LogP contribution in [0.2, 0.25) is 0 Å². The summed E-state index contributed by atoms with van der Waals surface area (Å²) < 4.78 is 0. The predicted molar refractivity (Wildman–Crippen MR) is 124 cm³/mol. The van der Waals surface area contributed by atoms with Crippen LogP contribution in [-0.4, -0.2) is 5.78 Å². The van der Waals surface area contributed by atoms with Gasteiger partial charge in [-0.1, -0.05) is 97.1 Å². The first-order chi connectivity index (χ1) is 14.8. The van der Waals surface area contributed by atoms with E-state index in [0.717, 1.165) is 50.9 Å². The van der Waals surface area contributed by atoms with Crippen molar-refractivity contribution in [2.24, 2.45) is 0 Å². The van der Waals surface area contributed by atoms with Crippen molar-refractivity contribution < 1.29 is 4.79 Å². The number of fused-ring (bicyclic) bond motifs is 6. The van der Waals surface area contributed by atoms with Crippen molar-refractivity contribution in [2.75, 3.05) is 0 Å². The van der Waals surface area contributed by atoms with Crippen molar-refractivity contribution in [1.29, 1.82) is 0 Å². The topological polar surface area (TPSA) is 17.1 Å². The Kier molecular flexibility index (Phi) is 3.82. The van der Waals surface area contributed by atoms with E-state index in [0.29, 0.717) is 0 Å². The van der Waals surface area contributed by atoms with E-state index < -0.39 is 0 Å².